The molecular weight excluding hydrogens is 376 g/mol. The van der Waals surface area contributed by atoms with Gasteiger partial charge in [0.25, 0.3) is 0 Å². The molecule has 1 atom stereocenters. The summed E-state index contributed by atoms with van der Waals surface area (Å²) < 4.78 is 0. The Balaban J connectivity index is 1.77. The minimum absolute atomic E-state index is 0.0535. The number of amidine groups is 2. The van der Waals surface area contributed by atoms with Crippen molar-refractivity contribution in [3.05, 3.63) is 22.8 Å². The van der Waals surface area contributed by atoms with Gasteiger partial charge >= 0.3 is 0 Å². The summed E-state index contributed by atoms with van der Waals surface area (Å²) >= 11 is 6.13. The van der Waals surface area contributed by atoms with Crippen LogP contribution in [0.15, 0.2) is 22.2 Å². The SMILES string of the molecule is CCCN(CC)C(=O)C(C)(C)N=C1CCN=C(C2CNc3ncc(Cl)cc32)N1. The normalized spacial score (nSPS) is 20.2. The van der Waals surface area contributed by atoms with Gasteiger partial charge in [0.05, 0.1) is 10.9 Å². The van der Waals surface area contributed by atoms with Crippen LogP contribution in [0.25, 0.3) is 0 Å². The molecule has 0 fully saturated rings. The van der Waals surface area contributed by atoms with Gasteiger partial charge in [0.2, 0.25) is 5.91 Å². The predicted octanol–water partition coefficient (Wildman–Crippen LogP) is 3.07. The third-order valence-corrected chi connectivity index (χ3v) is 5.27. The van der Waals surface area contributed by atoms with Crippen LogP contribution in [0.4, 0.5) is 5.82 Å². The van der Waals surface area contributed by atoms with Gasteiger partial charge in [-0.3, -0.25) is 14.8 Å². The van der Waals surface area contributed by atoms with E-state index in [1.54, 1.807) is 6.20 Å². The number of carbonyl (C=O) groups excluding carboxylic acids is 1. The number of hydrogen-bond donors (Lipinski definition) is 2. The smallest absolute Gasteiger partial charge is 0.249 e. The second kappa shape index (κ2) is 8.47. The molecule has 2 N–H and O–H groups in total. The second-order valence-electron chi connectivity index (χ2n) is 7.67. The molecule has 0 spiro atoms. The van der Waals surface area contributed by atoms with Crippen molar-refractivity contribution < 1.29 is 4.79 Å². The summed E-state index contributed by atoms with van der Waals surface area (Å²) in [7, 11) is 0. The zero-order valence-corrected chi connectivity index (χ0v) is 17.8. The summed E-state index contributed by atoms with van der Waals surface area (Å²) in [5.41, 5.74) is 0.225. The fraction of sp³-hybridized carbons (Fsp3) is 0.600. The maximum atomic E-state index is 12.9. The molecule has 1 amide bonds. The fourth-order valence-electron chi connectivity index (χ4n) is 3.68. The molecule has 1 unspecified atom stereocenters. The number of aromatic nitrogens is 1. The van der Waals surface area contributed by atoms with Crippen LogP contribution in [0.3, 0.4) is 0 Å². The number of halogens is 1. The van der Waals surface area contributed by atoms with Gasteiger partial charge in [-0.05, 0) is 33.3 Å². The molecule has 7 nitrogen and oxygen atoms in total. The summed E-state index contributed by atoms with van der Waals surface area (Å²) in [4.78, 5) is 28.6. The molecule has 2 aliphatic rings. The number of amides is 1. The van der Waals surface area contributed by atoms with E-state index in [0.717, 1.165) is 36.0 Å². The Hall–Kier alpha value is -2.15. The van der Waals surface area contributed by atoms with Crippen LogP contribution in [-0.4, -0.2) is 59.2 Å². The van der Waals surface area contributed by atoms with E-state index >= 15 is 0 Å². The number of carbonyl (C=O) groups is 1. The van der Waals surface area contributed by atoms with Gasteiger partial charge in [0.1, 0.15) is 23.0 Å². The monoisotopic (exact) mass is 404 g/mol. The largest absolute Gasteiger partial charge is 0.369 e. The van der Waals surface area contributed by atoms with Crippen LogP contribution in [0.5, 0.6) is 0 Å². The van der Waals surface area contributed by atoms with Crippen LogP contribution < -0.4 is 10.6 Å². The van der Waals surface area contributed by atoms with Crippen molar-refractivity contribution in [1.29, 1.82) is 0 Å². The highest BCUT2D eigenvalue weighted by atomic mass is 35.5. The number of likely N-dealkylation sites (N-methyl/N-ethyl adjacent to an activating group) is 1. The van der Waals surface area contributed by atoms with E-state index < -0.39 is 5.54 Å². The molecule has 2 aliphatic heterocycles. The van der Waals surface area contributed by atoms with E-state index in [2.05, 4.69) is 27.5 Å². The molecule has 0 aromatic carbocycles. The maximum absolute atomic E-state index is 12.9. The van der Waals surface area contributed by atoms with Crippen molar-refractivity contribution in [2.75, 3.05) is 31.5 Å². The highest BCUT2D eigenvalue weighted by molar-refractivity contribution is 6.30. The summed E-state index contributed by atoms with van der Waals surface area (Å²) in [5.74, 6) is 2.61. The molecule has 0 radical (unpaired) electrons. The Labute approximate surface area is 171 Å². The Morgan fingerprint density at radius 1 is 1.43 bits per heavy atom. The molecule has 0 bridgehead atoms. The first kappa shape index (κ1) is 20.6. The van der Waals surface area contributed by atoms with Gasteiger partial charge in [-0.25, -0.2) is 4.98 Å². The van der Waals surface area contributed by atoms with Crippen LogP contribution in [0, 0.1) is 0 Å². The first-order chi connectivity index (χ1) is 13.4. The zero-order chi connectivity index (χ0) is 20.3. The summed E-state index contributed by atoms with van der Waals surface area (Å²) in [6, 6.07) is 1.93. The summed E-state index contributed by atoms with van der Waals surface area (Å²) in [6.45, 7) is 10.6. The molecular formula is C20H29ClN6O. The fourth-order valence-corrected chi connectivity index (χ4v) is 3.85. The summed E-state index contributed by atoms with van der Waals surface area (Å²) in [5, 5.41) is 7.29. The molecule has 3 heterocycles. The summed E-state index contributed by atoms with van der Waals surface area (Å²) in [6.07, 6.45) is 3.27. The zero-order valence-electron chi connectivity index (χ0n) is 17.0. The maximum Gasteiger partial charge on any atom is 0.249 e. The van der Waals surface area contributed by atoms with Crippen LogP contribution in [0.1, 0.15) is 52.0 Å². The standard InChI is InChI=1S/C20H29ClN6O/c1-5-9-27(6-2)19(28)20(3,4)26-16-7-8-22-18(25-16)15-12-24-17-14(15)10-13(21)11-23-17/h10-11,15H,5-9,12H2,1-4H3,(H,23,24)(H,22,25,26). The van der Waals surface area contributed by atoms with Gasteiger partial charge in [-0.15, -0.1) is 0 Å². The number of anilines is 1. The van der Waals surface area contributed by atoms with Crippen molar-refractivity contribution in [1.82, 2.24) is 15.2 Å². The molecule has 0 aliphatic carbocycles. The van der Waals surface area contributed by atoms with E-state index in [-0.39, 0.29) is 11.8 Å². The number of hydrogen-bond acceptors (Lipinski definition) is 5. The van der Waals surface area contributed by atoms with E-state index in [0.29, 0.717) is 31.1 Å². The van der Waals surface area contributed by atoms with E-state index in [4.69, 9.17) is 16.6 Å². The predicted molar refractivity (Wildman–Crippen MR) is 115 cm³/mol. The van der Waals surface area contributed by atoms with E-state index in [9.17, 15) is 4.79 Å². The average Bonchev–Trinajstić information content (AvgIpc) is 3.08. The van der Waals surface area contributed by atoms with Crippen LogP contribution >= 0.6 is 11.6 Å². The molecule has 152 valence electrons. The average molecular weight is 405 g/mol. The lowest BCUT2D eigenvalue weighted by Gasteiger charge is -2.30. The lowest BCUT2D eigenvalue weighted by molar-refractivity contribution is -0.135. The molecule has 28 heavy (non-hydrogen) atoms. The van der Waals surface area contributed by atoms with Gasteiger partial charge in [0, 0.05) is 44.4 Å². The van der Waals surface area contributed by atoms with Gasteiger partial charge < -0.3 is 15.5 Å². The quantitative estimate of drug-likeness (QED) is 0.763. The molecule has 1 aromatic heterocycles. The highest BCUT2D eigenvalue weighted by Gasteiger charge is 2.33. The Morgan fingerprint density at radius 3 is 2.93 bits per heavy atom. The molecule has 8 heteroatoms. The number of nitrogens with one attached hydrogen (secondary N) is 2. The van der Waals surface area contributed by atoms with Crippen molar-refractivity contribution >= 4 is 35.0 Å². The third-order valence-electron chi connectivity index (χ3n) is 5.07. The van der Waals surface area contributed by atoms with Crippen molar-refractivity contribution in [2.24, 2.45) is 9.98 Å². The number of pyridine rings is 1. The first-order valence-corrected chi connectivity index (χ1v) is 10.3. The van der Waals surface area contributed by atoms with E-state index in [1.807, 2.05) is 31.7 Å². The minimum atomic E-state index is -0.813. The molecule has 1 aromatic rings. The lowest BCUT2D eigenvalue weighted by Crippen LogP contribution is -2.47. The first-order valence-electron chi connectivity index (χ1n) is 9.94. The molecule has 0 saturated heterocycles. The lowest BCUT2D eigenvalue weighted by atomic mass is 10.0. The minimum Gasteiger partial charge on any atom is -0.369 e. The van der Waals surface area contributed by atoms with Crippen molar-refractivity contribution in [2.45, 2.75) is 52.0 Å². The van der Waals surface area contributed by atoms with E-state index in [1.165, 1.54) is 0 Å². The number of rotatable bonds is 6. The van der Waals surface area contributed by atoms with Crippen LogP contribution in [0.2, 0.25) is 5.02 Å². The Bertz CT molecular complexity index is 804. The van der Waals surface area contributed by atoms with Crippen LogP contribution in [-0.2, 0) is 4.79 Å². The Morgan fingerprint density at radius 2 is 2.21 bits per heavy atom. The number of nitrogens with zero attached hydrogens (tertiary/aromatic N) is 4. The number of fused-ring (bicyclic) bond motifs is 1. The van der Waals surface area contributed by atoms with Crippen molar-refractivity contribution in [3.63, 3.8) is 0 Å². The third kappa shape index (κ3) is 4.29. The molecule has 3 rings (SSSR count). The molecule has 0 saturated carbocycles. The van der Waals surface area contributed by atoms with Gasteiger partial charge in [0.15, 0.2) is 0 Å². The topological polar surface area (TPSA) is 82.0 Å². The van der Waals surface area contributed by atoms with Crippen molar-refractivity contribution in [3.8, 4) is 0 Å². The number of aliphatic imine (C=N–C) groups is 2. The Kier molecular flexibility index (Phi) is 6.23. The second-order valence-corrected chi connectivity index (χ2v) is 8.11. The highest BCUT2D eigenvalue weighted by Crippen LogP contribution is 2.32. The van der Waals surface area contributed by atoms with Gasteiger partial charge in [-0.1, -0.05) is 18.5 Å². The van der Waals surface area contributed by atoms with Gasteiger partial charge in [-0.2, -0.15) is 0 Å².